The fraction of sp³-hybridized carbons (Fsp3) is 0.182. The summed E-state index contributed by atoms with van der Waals surface area (Å²) in [6.45, 7) is 4.58. The Morgan fingerprint density at radius 3 is 2.77 bits per heavy atom. The molecule has 2 aromatic carbocycles. The van der Waals surface area contributed by atoms with Gasteiger partial charge in [0.2, 0.25) is 0 Å². The number of carbonyl (C=O) groups excluding carboxylic acids is 1. The first kappa shape index (κ1) is 21.2. The molecule has 7 nitrogen and oxygen atoms in total. The minimum absolute atomic E-state index is 0.0164. The van der Waals surface area contributed by atoms with Gasteiger partial charge in [-0.3, -0.25) is 20.2 Å². The van der Waals surface area contributed by atoms with Gasteiger partial charge < -0.3 is 4.74 Å². The van der Waals surface area contributed by atoms with E-state index in [4.69, 9.17) is 4.74 Å². The summed E-state index contributed by atoms with van der Waals surface area (Å²) < 4.78 is 5.81. The van der Waals surface area contributed by atoms with Crippen LogP contribution in [0.25, 0.3) is 12.2 Å². The molecule has 0 atom stereocenters. The summed E-state index contributed by atoms with van der Waals surface area (Å²) in [5, 5.41) is 16.3. The van der Waals surface area contributed by atoms with Gasteiger partial charge in [0.1, 0.15) is 5.75 Å². The summed E-state index contributed by atoms with van der Waals surface area (Å²) in [5.74, 6) is 0.571. The van der Waals surface area contributed by atoms with Crippen molar-refractivity contribution in [3.05, 3.63) is 80.8 Å². The van der Waals surface area contributed by atoms with Gasteiger partial charge in [-0.2, -0.15) is 0 Å². The molecule has 0 fully saturated rings. The predicted octanol–water partition coefficient (Wildman–Crippen LogP) is 5.51. The maximum absolute atomic E-state index is 12.7. The number of anilines is 1. The second-order valence-electron chi connectivity index (χ2n) is 6.94. The minimum atomic E-state index is -0.422. The van der Waals surface area contributed by atoms with E-state index in [1.807, 2.05) is 13.8 Å². The number of thiazole rings is 1. The van der Waals surface area contributed by atoms with Crippen LogP contribution < -0.4 is 10.1 Å². The van der Waals surface area contributed by atoms with Crippen molar-refractivity contribution in [2.75, 3.05) is 11.9 Å². The normalized spacial score (nSPS) is 11.0. The van der Waals surface area contributed by atoms with Gasteiger partial charge in [0.05, 0.1) is 17.1 Å². The van der Waals surface area contributed by atoms with Crippen molar-refractivity contribution in [3.63, 3.8) is 0 Å². The van der Waals surface area contributed by atoms with Crippen LogP contribution in [0.1, 0.15) is 35.3 Å². The Bertz CT molecular complexity index is 1060. The van der Waals surface area contributed by atoms with Gasteiger partial charge in [-0.05, 0) is 41.8 Å². The summed E-state index contributed by atoms with van der Waals surface area (Å²) in [4.78, 5) is 27.5. The number of nitrogens with zero attached hydrogens (tertiary/aromatic N) is 2. The SMILES string of the molecule is CC(C)COc1cc(C=Cc2ccccc2[N+](=O)[O-])cc(C(=O)Nc2nccs2)c1. The lowest BCUT2D eigenvalue weighted by Crippen LogP contribution is -2.12. The molecule has 0 saturated carbocycles. The molecule has 0 spiro atoms. The van der Waals surface area contributed by atoms with E-state index in [1.165, 1.54) is 17.4 Å². The number of aromatic nitrogens is 1. The van der Waals surface area contributed by atoms with E-state index in [9.17, 15) is 14.9 Å². The van der Waals surface area contributed by atoms with Crippen molar-refractivity contribution in [2.45, 2.75) is 13.8 Å². The van der Waals surface area contributed by atoms with Crippen molar-refractivity contribution in [3.8, 4) is 5.75 Å². The second kappa shape index (κ2) is 9.80. The molecule has 0 aliphatic rings. The number of para-hydroxylation sites is 1. The molecule has 0 unspecified atom stereocenters. The van der Waals surface area contributed by atoms with E-state index >= 15 is 0 Å². The highest BCUT2D eigenvalue weighted by molar-refractivity contribution is 7.13. The van der Waals surface area contributed by atoms with Crippen LogP contribution in [-0.4, -0.2) is 22.4 Å². The molecule has 1 aromatic heterocycles. The second-order valence-corrected chi connectivity index (χ2v) is 7.83. The monoisotopic (exact) mass is 423 g/mol. The zero-order valence-electron chi connectivity index (χ0n) is 16.6. The molecule has 1 N–H and O–H groups in total. The van der Waals surface area contributed by atoms with E-state index < -0.39 is 4.92 Å². The highest BCUT2D eigenvalue weighted by atomic mass is 32.1. The van der Waals surface area contributed by atoms with Crippen LogP contribution in [0.5, 0.6) is 5.75 Å². The summed E-state index contributed by atoms with van der Waals surface area (Å²) in [6, 6.07) is 11.7. The van der Waals surface area contributed by atoms with E-state index in [0.717, 1.165) is 0 Å². The number of amides is 1. The smallest absolute Gasteiger partial charge is 0.276 e. The lowest BCUT2D eigenvalue weighted by atomic mass is 10.1. The minimum Gasteiger partial charge on any atom is -0.493 e. The van der Waals surface area contributed by atoms with Gasteiger partial charge >= 0.3 is 0 Å². The number of hydrogen-bond donors (Lipinski definition) is 1. The quantitative estimate of drug-likeness (QED) is 0.293. The molecule has 3 rings (SSSR count). The van der Waals surface area contributed by atoms with Crippen molar-refractivity contribution < 1.29 is 14.5 Å². The Labute approximate surface area is 178 Å². The molecule has 0 radical (unpaired) electrons. The van der Waals surface area contributed by atoms with Gasteiger partial charge in [0.25, 0.3) is 11.6 Å². The number of nitro benzene ring substituents is 1. The topological polar surface area (TPSA) is 94.4 Å². The third kappa shape index (κ3) is 5.74. The van der Waals surface area contributed by atoms with Crippen LogP contribution in [0.4, 0.5) is 10.8 Å². The summed E-state index contributed by atoms with van der Waals surface area (Å²) in [7, 11) is 0. The average Bonchev–Trinajstić information content (AvgIpc) is 3.23. The summed E-state index contributed by atoms with van der Waals surface area (Å²) >= 11 is 1.33. The molecule has 154 valence electrons. The van der Waals surface area contributed by atoms with Crippen molar-refractivity contribution in [1.29, 1.82) is 0 Å². The lowest BCUT2D eigenvalue weighted by Gasteiger charge is -2.11. The number of hydrogen-bond acceptors (Lipinski definition) is 6. The zero-order chi connectivity index (χ0) is 21.5. The van der Waals surface area contributed by atoms with Crippen molar-refractivity contribution in [1.82, 2.24) is 4.98 Å². The molecular formula is C22H21N3O4S. The van der Waals surface area contributed by atoms with Crippen LogP contribution in [0.15, 0.2) is 54.0 Å². The fourth-order valence-electron chi connectivity index (χ4n) is 2.63. The number of ether oxygens (including phenoxy) is 1. The zero-order valence-corrected chi connectivity index (χ0v) is 17.4. The number of carbonyl (C=O) groups is 1. The average molecular weight is 423 g/mol. The van der Waals surface area contributed by atoms with Crippen LogP contribution in [0, 0.1) is 16.0 Å². The molecule has 1 amide bonds. The fourth-order valence-corrected chi connectivity index (χ4v) is 3.15. The van der Waals surface area contributed by atoms with Gasteiger partial charge in [-0.25, -0.2) is 4.98 Å². The van der Waals surface area contributed by atoms with Gasteiger partial charge in [0.15, 0.2) is 5.13 Å². The van der Waals surface area contributed by atoms with Crippen LogP contribution >= 0.6 is 11.3 Å². The first-order chi connectivity index (χ1) is 14.4. The molecule has 0 saturated heterocycles. The maximum Gasteiger partial charge on any atom is 0.276 e. The van der Waals surface area contributed by atoms with Crippen LogP contribution in [0.3, 0.4) is 0 Å². The summed E-state index contributed by atoms with van der Waals surface area (Å²) in [5.41, 5.74) is 1.60. The van der Waals surface area contributed by atoms with Gasteiger partial charge in [-0.15, -0.1) is 11.3 Å². The lowest BCUT2D eigenvalue weighted by molar-refractivity contribution is -0.385. The van der Waals surface area contributed by atoms with Crippen molar-refractivity contribution in [2.24, 2.45) is 5.92 Å². The van der Waals surface area contributed by atoms with E-state index in [1.54, 1.807) is 60.1 Å². The Morgan fingerprint density at radius 1 is 1.27 bits per heavy atom. The molecule has 1 heterocycles. The Kier molecular flexibility index (Phi) is 6.92. The highest BCUT2D eigenvalue weighted by Gasteiger charge is 2.12. The third-order valence-electron chi connectivity index (χ3n) is 4.02. The Morgan fingerprint density at radius 2 is 2.07 bits per heavy atom. The molecule has 30 heavy (non-hydrogen) atoms. The maximum atomic E-state index is 12.7. The van der Waals surface area contributed by atoms with E-state index in [-0.39, 0.29) is 11.6 Å². The van der Waals surface area contributed by atoms with E-state index in [2.05, 4.69) is 10.3 Å². The number of nitrogens with one attached hydrogen (secondary N) is 1. The van der Waals surface area contributed by atoms with Crippen molar-refractivity contribution >= 4 is 40.2 Å². The van der Waals surface area contributed by atoms with E-state index in [0.29, 0.717) is 40.1 Å². The standard InChI is InChI=1S/C22H21N3O4S/c1-15(2)14-29-19-12-16(7-8-17-5-3-4-6-20(17)25(27)28)11-18(13-19)21(26)24-22-23-9-10-30-22/h3-13,15H,14H2,1-2H3,(H,23,24,26). The Balaban J connectivity index is 1.91. The number of benzene rings is 2. The van der Waals surface area contributed by atoms with Crippen LogP contribution in [0.2, 0.25) is 0 Å². The van der Waals surface area contributed by atoms with Gasteiger partial charge in [-0.1, -0.05) is 32.1 Å². The first-order valence-corrected chi connectivity index (χ1v) is 10.2. The molecule has 0 aliphatic heterocycles. The van der Waals surface area contributed by atoms with Crippen LogP contribution in [-0.2, 0) is 0 Å². The third-order valence-corrected chi connectivity index (χ3v) is 4.70. The largest absolute Gasteiger partial charge is 0.493 e. The predicted molar refractivity (Wildman–Crippen MR) is 119 cm³/mol. The summed E-state index contributed by atoms with van der Waals surface area (Å²) in [6.07, 6.45) is 5.00. The molecular weight excluding hydrogens is 402 g/mol. The number of nitro groups is 1. The van der Waals surface area contributed by atoms with Gasteiger partial charge in [0, 0.05) is 23.2 Å². The Hall–Kier alpha value is -3.52. The highest BCUT2D eigenvalue weighted by Crippen LogP contribution is 2.24. The molecule has 0 bridgehead atoms. The molecule has 0 aliphatic carbocycles. The molecule has 8 heteroatoms. The first-order valence-electron chi connectivity index (χ1n) is 9.32. The molecule has 3 aromatic rings. The number of rotatable bonds is 8.